The number of nitrogens with one attached hydrogen (secondary N) is 3. The van der Waals surface area contributed by atoms with Crippen LogP contribution in [0.25, 0.3) is 17.0 Å². The van der Waals surface area contributed by atoms with E-state index in [4.69, 9.17) is 9.47 Å². The molecule has 13 nitrogen and oxygen atoms in total. The average molecular weight is 635 g/mol. The number of carbonyl (C=O) groups is 2. The highest BCUT2D eigenvalue weighted by Crippen LogP contribution is 2.32. The van der Waals surface area contributed by atoms with Gasteiger partial charge in [0.15, 0.2) is 0 Å². The molecule has 5 aromatic rings. The highest BCUT2D eigenvalue weighted by molar-refractivity contribution is 6.08. The van der Waals surface area contributed by atoms with Gasteiger partial charge in [-0.1, -0.05) is 24.3 Å². The first-order valence-electron chi connectivity index (χ1n) is 15.5. The lowest BCUT2D eigenvalue weighted by molar-refractivity contribution is -0.180. The third-order valence-electron chi connectivity index (χ3n) is 8.37. The molecule has 4 heterocycles. The van der Waals surface area contributed by atoms with E-state index in [0.29, 0.717) is 29.7 Å². The van der Waals surface area contributed by atoms with Crippen LogP contribution in [-0.2, 0) is 29.0 Å². The molecule has 0 fully saturated rings. The number of imidazole rings is 1. The number of ether oxygens (including phenoxy) is 2. The van der Waals surface area contributed by atoms with Crippen LogP contribution in [-0.4, -0.2) is 61.7 Å². The maximum atomic E-state index is 13.7. The van der Waals surface area contributed by atoms with Gasteiger partial charge in [0.1, 0.15) is 18.1 Å². The van der Waals surface area contributed by atoms with Crippen LogP contribution in [0.2, 0.25) is 0 Å². The molecule has 0 bridgehead atoms. The van der Waals surface area contributed by atoms with Crippen molar-refractivity contribution in [2.45, 2.75) is 51.5 Å². The number of aromatic nitrogens is 5. The fourth-order valence-electron chi connectivity index (χ4n) is 6.05. The number of aryl methyl sites for hydroxylation is 1. The van der Waals surface area contributed by atoms with Gasteiger partial charge in [0.05, 0.1) is 17.6 Å². The second-order valence-corrected chi connectivity index (χ2v) is 12.1. The van der Waals surface area contributed by atoms with Crippen molar-refractivity contribution in [1.29, 1.82) is 0 Å². The first-order chi connectivity index (χ1) is 22.7. The Balaban J connectivity index is 1.16. The number of amides is 2. The van der Waals surface area contributed by atoms with Crippen molar-refractivity contribution in [3.8, 4) is 11.7 Å². The number of carbonyl (C=O) groups excluding carboxylic acids is 2. The lowest BCUT2D eigenvalue weighted by Gasteiger charge is -2.32. The van der Waals surface area contributed by atoms with E-state index in [9.17, 15) is 14.4 Å². The molecule has 7 rings (SSSR count). The molecule has 13 heteroatoms. The summed E-state index contributed by atoms with van der Waals surface area (Å²) in [7, 11) is 1.54. The van der Waals surface area contributed by atoms with Crippen LogP contribution in [0.5, 0.6) is 5.75 Å². The van der Waals surface area contributed by atoms with Crippen molar-refractivity contribution in [2.75, 3.05) is 23.8 Å². The minimum absolute atomic E-state index is 0.0352. The van der Waals surface area contributed by atoms with Gasteiger partial charge in [-0.15, -0.1) is 0 Å². The van der Waals surface area contributed by atoms with Gasteiger partial charge in [0, 0.05) is 50.7 Å². The number of para-hydroxylation sites is 1. The Morgan fingerprint density at radius 3 is 2.77 bits per heavy atom. The van der Waals surface area contributed by atoms with Gasteiger partial charge in [-0.3, -0.25) is 19.1 Å². The number of aromatic amines is 1. The van der Waals surface area contributed by atoms with Crippen molar-refractivity contribution in [1.82, 2.24) is 29.8 Å². The first-order valence-corrected chi connectivity index (χ1v) is 15.5. The van der Waals surface area contributed by atoms with E-state index >= 15 is 0 Å². The van der Waals surface area contributed by atoms with Crippen LogP contribution < -0.4 is 26.0 Å². The Hall–Kier alpha value is -5.56. The SMILES string of the molecule is CNC(=O)[C@H](Cc1ccc2c(c1)COC(C)(C)O2)Nc1nc(-n2cnc3ccc(C(=O)N4CCCc5ccccc54)cc32)nc(=O)[nH]1. The van der Waals surface area contributed by atoms with E-state index in [-0.39, 0.29) is 30.1 Å². The second kappa shape index (κ2) is 12.0. The number of hydrogen-bond donors (Lipinski definition) is 3. The summed E-state index contributed by atoms with van der Waals surface area (Å²) < 4.78 is 13.2. The lowest BCUT2D eigenvalue weighted by atomic mass is 10.0. The topological polar surface area (TPSA) is 156 Å². The average Bonchev–Trinajstić information content (AvgIpc) is 3.50. The van der Waals surface area contributed by atoms with Crippen LogP contribution in [0.3, 0.4) is 0 Å². The number of nitrogens with zero attached hydrogens (tertiary/aromatic N) is 5. The molecule has 2 aromatic heterocycles. The Morgan fingerprint density at radius 1 is 1.06 bits per heavy atom. The summed E-state index contributed by atoms with van der Waals surface area (Å²) in [5, 5.41) is 5.74. The van der Waals surface area contributed by atoms with Crippen molar-refractivity contribution < 1.29 is 19.1 Å². The minimum Gasteiger partial charge on any atom is -0.463 e. The largest absolute Gasteiger partial charge is 0.463 e. The molecule has 0 saturated carbocycles. The molecule has 0 radical (unpaired) electrons. The molecule has 1 atom stereocenters. The Morgan fingerprint density at radius 2 is 1.91 bits per heavy atom. The van der Waals surface area contributed by atoms with Gasteiger partial charge in [-0.25, -0.2) is 9.78 Å². The highest BCUT2D eigenvalue weighted by Gasteiger charge is 2.28. The molecule has 0 unspecified atom stereocenters. The summed E-state index contributed by atoms with van der Waals surface area (Å²) in [6, 6.07) is 18.1. The molecule has 0 saturated heterocycles. The van der Waals surface area contributed by atoms with Crippen molar-refractivity contribution in [3.05, 3.63) is 99.7 Å². The van der Waals surface area contributed by atoms with E-state index in [0.717, 1.165) is 41.0 Å². The third kappa shape index (κ3) is 6.04. The number of H-pyrrole nitrogens is 1. The number of benzene rings is 3. The minimum atomic E-state index is -0.783. The fraction of sp³-hybridized carbons (Fsp3) is 0.294. The molecular formula is C34H34N8O5. The zero-order valence-electron chi connectivity index (χ0n) is 26.2. The zero-order chi connectivity index (χ0) is 32.7. The third-order valence-corrected chi connectivity index (χ3v) is 8.37. The van der Waals surface area contributed by atoms with Gasteiger partial charge in [-0.05, 0) is 60.4 Å². The zero-order valence-corrected chi connectivity index (χ0v) is 26.2. The molecule has 2 aliphatic heterocycles. The van der Waals surface area contributed by atoms with Crippen LogP contribution in [0.15, 0.2) is 71.8 Å². The number of rotatable bonds is 7. The number of anilines is 2. The monoisotopic (exact) mass is 634 g/mol. The predicted octanol–water partition coefficient (Wildman–Crippen LogP) is 3.51. The quantitative estimate of drug-likeness (QED) is 0.244. The molecular weight excluding hydrogens is 600 g/mol. The normalized spacial score (nSPS) is 15.7. The molecule has 2 aliphatic rings. The van der Waals surface area contributed by atoms with Gasteiger partial charge in [0.2, 0.25) is 23.6 Å². The van der Waals surface area contributed by atoms with E-state index in [1.54, 1.807) is 34.7 Å². The van der Waals surface area contributed by atoms with Crippen molar-refractivity contribution in [2.24, 2.45) is 0 Å². The van der Waals surface area contributed by atoms with E-state index in [2.05, 4.69) is 36.6 Å². The standard InChI is InChI=1S/C34H34N8O5/c1-34(2)46-18-23-15-20(10-13-28(23)47-34)16-25(29(43)35-3)37-31-38-32(40-33(45)39-31)42-19-36-24-12-11-22(17-27(24)42)30(44)41-14-6-8-21-7-4-5-9-26(21)41/h4-5,7,9-13,15,17,19,25H,6,8,14,16,18H2,1-3H3,(H,35,43)(H2,37,38,39,40,45)/t25-/m0/s1. The number of likely N-dealkylation sites (N-methyl/N-ethyl adjacent to an activating group) is 1. The number of hydrogen-bond acceptors (Lipinski definition) is 9. The summed E-state index contributed by atoms with van der Waals surface area (Å²) in [4.78, 5) is 56.9. The molecule has 240 valence electrons. The second-order valence-electron chi connectivity index (χ2n) is 12.1. The van der Waals surface area contributed by atoms with E-state index in [1.165, 1.54) is 6.33 Å². The van der Waals surface area contributed by atoms with Gasteiger partial charge < -0.3 is 25.0 Å². The smallest absolute Gasteiger partial charge is 0.351 e. The van der Waals surface area contributed by atoms with Gasteiger partial charge in [-0.2, -0.15) is 9.97 Å². The Kier molecular flexibility index (Phi) is 7.68. The van der Waals surface area contributed by atoms with Crippen molar-refractivity contribution in [3.63, 3.8) is 0 Å². The van der Waals surface area contributed by atoms with E-state index in [1.807, 2.05) is 50.2 Å². The fourth-order valence-corrected chi connectivity index (χ4v) is 6.05. The van der Waals surface area contributed by atoms with Crippen LogP contribution in [0, 0.1) is 0 Å². The highest BCUT2D eigenvalue weighted by atomic mass is 16.7. The molecule has 3 N–H and O–H groups in total. The van der Waals surface area contributed by atoms with E-state index < -0.39 is 17.5 Å². The van der Waals surface area contributed by atoms with Gasteiger partial charge >= 0.3 is 5.69 Å². The number of fused-ring (bicyclic) bond motifs is 3. The van der Waals surface area contributed by atoms with Gasteiger partial charge in [0.25, 0.3) is 5.91 Å². The van der Waals surface area contributed by atoms with Crippen molar-refractivity contribution >= 4 is 34.5 Å². The Bertz CT molecular complexity index is 2070. The molecule has 2 amide bonds. The molecule has 3 aromatic carbocycles. The summed E-state index contributed by atoms with van der Waals surface area (Å²) in [6.07, 6.45) is 3.60. The summed E-state index contributed by atoms with van der Waals surface area (Å²) in [5.41, 5.74) is 4.77. The molecule has 0 aliphatic carbocycles. The van der Waals surface area contributed by atoms with Crippen LogP contribution in [0.1, 0.15) is 47.3 Å². The summed E-state index contributed by atoms with van der Waals surface area (Å²) in [6.45, 7) is 4.71. The van der Waals surface area contributed by atoms with Crippen LogP contribution >= 0.6 is 0 Å². The maximum Gasteiger partial charge on any atom is 0.351 e. The molecule has 47 heavy (non-hydrogen) atoms. The maximum absolute atomic E-state index is 13.7. The lowest BCUT2D eigenvalue weighted by Crippen LogP contribution is -2.40. The molecule has 0 spiro atoms. The Labute approximate surface area is 270 Å². The summed E-state index contributed by atoms with van der Waals surface area (Å²) in [5.74, 6) is -0.315. The van der Waals surface area contributed by atoms with Crippen LogP contribution in [0.4, 0.5) is 11.6 Å². The first kappa shape index (κ1) is 30.1. The predicted molar refractivity (Wildman–Crippen MR) is 175 cm³/mol. The summed E-state index contributed by atoms with van der Waals surface area (Å²) >= 11 is 0.